The molecule has 0 heterocycles. The number of rotatable bonds is 6. The highest BCUT2D eigenvalue weighted by Crippen LogP contribution is 1.86. The van der Waals surface area contributed by atoms with Crippen molar-refractivity contribution in [3.8, 4) is 0 Å². The van der Waals surface area contributed by atoms with E-state index < -0.39 is 12.0 Å². The largest absolute Gasteiger partial charge is 0.480 e. The summed E-state index contributed by atoms with van der Waals surface area (Å²) in [4.78, 5) is 21.3. The Kier molecular flexibility index (Phi) is 5.55. The fourth-order valence-corrected chi connectivity index (χ4v) is 0.833. The van der Waals surface area contributed by atoms with Crippen molar-refractivity contribution in [2.45, 2.75) is 25.9 Å². The maximum absolute atomic E-state index is 10.7. The molecule has 0 saturated carbocycles. The van der Waals surface area contributed by atoms with Crippen LogP contribution in [0.3, 0.4) is 0 Å². The molecule has 0 radical (unpaired) electrons. The Balaban J connectivity index is 4.03. The van der Waals surface area contributed by atoms with E-state index >= 15 is 0 Å². The summed E-state index contributed by atoms with van der Waals surface area (Å²) in [5.41, 5.74) is 0. The molecule has 0 rings (SSSR count). The lowest BCUT2D eigenvalue weighted by atomic mass is 10.2. The number of carboxylic acid groups (broad SMARTS) is 1. The third-order valence-corrected chi connectivity index (χ3v) is 1.67. The molecule has 0 aromatic heterocycles. The second kappa shape index (κ2) is 6.15. The predicted octanol–water partition coefficient (Wildman–Crippen LogP) is -0.260. The lowest BCUT2D eigenvalue weighted by Crippen LogP contribution is -2.47. The van der Waals surface area contributed by atoms with Gasteiger partial charge in [-0.05, 0) is 6.92 Å². The van der Waals surface area contributed by atoms with Crippen molar-refractivity contribution < 1.29 is 14.7 Å². The van der Waals surface area contributed by atoms with Gasteiger partial charge in [-0.1, -0.05) is 6.08 Å². The third-order valence-electron chi connectivity index (χ3n) is 1.67. The van der Waals surface area contributed by atoms with Gasteiger partial charge in [0, 0.05) is 19.5 Å². The van der Waals surface area contributed by atoms with Gasteiger partial charge in [-0.2, -0.15) is 0 Å². The van der Waals surface area contributed by atoms with Gasteiger partial charge in [-0.3, -0.25) is 4.79 Å². The molecule has 0 aliphatic heterocycles. The van der Waals surface area contributed by atoms with Crippen LogP contribution in [0.4, 0.5) is 0 Å². The molecule has 0 aromatic rings. The smallest absolute Gasteiger partial charge is 0.327 e. The maximum Gasteiger partial charge on any atom is 0.327 e. The van der Waals surface area contributed by atoms with Crippen LogP contribution in [-0.4, -0.2) is 35.6 Å². The van der Waals surface area contributed by atoms with Crippen LogP contribution in [0.2, 0.25) is 0 Å². The Morgan fingerprint density at radius 2 is 2.14 bits per heavy atom. The second-order valence-corrected chi connectivity index (χ2v) is 3.02. The van der Waals surface area contributed by atoms with Crippen LogP contribution >= 0.6 is 0 Å². The zero-order chi connectivity index (χ0) is 11.1. The number of hydrogen-bond donors (Lipinski definition) is 3. The zero-order valence-electron chi connectivity index (χ0n) is 8.41. The van der Waals surface area contributed by atoms with Gasteiger partial charge in [0.05, 0.1) is 0 Å². The summed E-state index contributed by atoms with van der Waals surface area (Å²) in [6.07, 6.45) is 1.66. The fraction of sp³-hybridized carbons (Fsp3) is 0.556. The van der Waals surface area contributed by atoms with Crippen LogP contribution in [0.1, 0.15) is 13.8 Å². The van der Waals surface area contributed by atoms with E-state index in [0.29, 0.717) is 0 Å². The number of amides is 1. The Labute approximate surface area is 83.2 Å². The lowest BCUT2D eigenvalue weighted by Gasteiger charge is -2.16. The van der Waals surface area contributed by atoms with Gasteiger partial charge in [0.1, 0.15) is 6.04 Å². The number of carbonyl (C=O) groups is 2. The first-order valence-electron chi connectivity index (χ1n) is 4.33. The van der Waals surface area contributed by atoms with Crippen molar-refractivity contribution in [1.82, 2.24) is 10.6 Å². The van der Waals surface area contributed by atoms with Gasteiger partial charge < -0.3 is 15.7 Å². The average Bonchev–Trinajstić information content (AvgIpc) is 2.10. The van der Waals surface area contributed by atoms with E-state index in [9.17, 15) is 9.59 Å². The highest BCUT2D eigenvalue weighted by molar-refractivity contribution is 5.82. The molecule has 5 heteroatoms. The topological polar surface area (TPSA) is 78.4 Å². The first-order chi connectivity index (χ1) is 6.47. The minimum Gasteiger partial charge on any atom is -0.480 e. The average molecular weight is 200 g/mol. The molecule has 80 valence electrons. The molecule has 0 bridgehead atoms. The summed E-state index contributed by atoms with van der Waals surface area (Å²) in [5.74, 6) is -1.41. The summed E-state index contributed by atoms with van der Waals surface area (Å²) in [6.45, 7) is 6.86. The Morgan fingerprint density at radius 1 is 1.57 bits per heavy atom. The second-order valence-electron chi connectivity index (χ2n) is 3.02. The molecule has 3 N–H and O–H groups in total. The zero-order valence-corrected chi connectivity index (χ0v) is 8.41. The van der Waals surface area contributed by atoms with Gasteiger partial charge in [0.25, 0.3) is 0 Å². The number of hydrogen-bond acceptors (Lipinski definition) is 3. The summed E-state index contributed by atoms with van der Waals surface area (Å²) < 4.78 is 0. The molecule has 0 saturated heterocycles. The van der Waals surface area contributed by atoms with E-state index in [-0.39, 0.29) is 18.5 Å². The normalized spacial score (nSPS) is 14.1. The van der Waals surface area contributed by atoms with E-state index in [1.54, 1.807) is 6.08 Å². The van der Waals surface area contributed by atoms with Crippen molar-refractivity contribution in [3.63, 3.8) is 0 Å². The van der Waals surface area contributed by atoms with Crippen LogP contribution in [0, 0.1) is 0 Å². The summed E-state index contributed by atoms with van der Waals surface area (Å²) >= 11 is 0. The molecule has 0 aliphatic carbocycles. The van der Waals surface area contributed by atoms with E-state index in [1.807, 2.05) is 6.92 Å². The first kappa shape index (κ1) is 12.6. The molecule has 2 unspecified atom stereocenters. The van der Waals surface area contributed by atoms with Crippen molar-refractivity contribution in [1.29, 1.82) is 0 Å². The number of carboxylic acids is 1. The van der Waals surface area contributed by atoms with E-state index in [4.69, 9.17) is 5.11 Å². The molecule has 0 aromatic carbocycles. The summed E-state index contributed by atoms with van der Waals surface area (Å²) in [7, 11) is 0. The van der Waals surface area contributed by atoms with Crippen LogP contribution in [0.15, 0.2) is 12.7 Å². The molecule has 14 heavy (non-hydrogen) atoms. The highest BCUT2D eigenvalue weighted by Gasteiger charge is 2.17. The van der Waals surface area contributed by atoms with Crippen LogP contribution < -0.4 is 10.6 Å². The standard InChI is InChI=1S/C9H16N2O3/c1-4-6(2)10-5-8(9(13)14)11-7(3)12/h4,6,8,10H,1,5H2,2-3H3,(H,11,12)(H,13,14). The van der Waals surface area contributed by atoms with E-state index in [0.717, 1.165) is 0 Å². The summed E-state index contributed by atoms with van der Waals surface area (Å²) in [6, 6.07) is -0.875. The first-order valence-corrected chi connectivity index (χ1v) is 4.33. The van der Waals surface area contributed by atoms with Crippen molar-refractivity contribution in [2.75, 3.05) is 6.54 Å². The third kappa shape index (κ3) is 5.31. The van der Waals surface area contributed by atoms with Crippen LogP contribution in [-0.2, 0) is 9.59 Å². The van der Waals surface area contributed by atoms with Gasteiger partial charge in [-0.25, -0.2) is 4.79 Å². The van der Waals surface area contributed by atoms with Crippen molar-refractivity contribution in [2.24, 2.45) is 0 Å². The van der Waals surface area contributed by atoms with Crippen molar-refractivity contribution in [3.05, 3.63) is 12.7 Å². The minimum atomic E-state index is -1.05. The fourth-order valence-electron chi connectivity index (χ4n) is 0.833. The quantitative estimate of drug-likeness (QED) is 0.516. The van der Waals surface area contributed by atoms with Crippen molar-refractivity contribution >= 4 is 11.9 Å². The maximum atomic E-state index is 10.7. The van der Waals surface area contributed by atoms with Crippen LogP contribution in [0.5, 0.6) is 0 Å². The Bertz CT molecular complexity index is 228. The predicted molar refractivity (Wildman–Crippen MR) is 52.9 cm³/mol. The lowest BCUT2D eigenvalue weighted by molar-refractivity contribution is -0.141. The molecular formula is C9H16N2O3. The Hall–Kier alpha value is -1.36. The van der Waals surface area contributed by atoms with E-state index in [1.165, 1.54) is 6.92 Å². The Morgan fingerprint density at radius 3 is 2.50 bits per heavy atom. The summed E-state index contributed by atoms with van der Waals surface area (Å²) in [5, 5.41) is 14.0. The van der Waals surface area contributed by atoms with E-state index in [2.05, 4.69) is 17.2 Å². The minimum absolute atomic E-state index is 0.0191. The van der Waals surface area contributed by atoms with Gasteiger partial charge in [0.15, 0.2) is 0 Å². The number of carbonyl (C=O) groups excluding carboxylic acids is 1. The van der Waals surface area contributed by atoms with Crippen LogP contribution in [0.25, 0.3) is 0 Å². The highest BCUT2D eigenvalue weighted by atomic mass is 16.4. The van der Waals surface area contributed by atoms with Gasteiger partial charge in [0.2, 0.25) is 5.91 Å². The van der Waals surface area contributed by atoms with Gasteiger partial charge in [-0.15, -0.1) is 6.58 Å². The SMILES string of the molecule is C=CC(C)NCC(NC(C)=O)C(=O)O. The monoisotopic (exact) mass is 200 g/mol. The number of nitrogens with one attached hydrogen (secondary N) is 2. The molecular weight excluding hydrogens is 184 g/mol. The molecule has 2 atom stereocenters. The van der Waals surface area contributed by atoms with Gasteiger partial charge >= 0.3 is 5.97 Å². The molecule has 0 aliphatic rings. The molecule has 1 amide bonds. The molecule has 0 spiro atoms. The number of aliphatic carboxylic acids is 1. The molecule has 5 nitrogen and oxygen atoms in total. The molecule has 0 fully saturated rings.